The fraction of sp³-hybridized carbons (Fsp3) is 0.143. The maximum atomic E-state index is 12.4. The zero-order valence-corrected chi connectivity index (χ0v) is 14.9. The second kappa shape index (κ2) is 7.37. The molecule has 1 aliphatic heterocycles. The van der Waals surface area contributed by atoms with Gasteiger partial charge >= 0.3 is 0 Å². The minimum absolute atomic E-state index is 0.147. The third-order valence-corrected chi connectivity index (χ3v) is 4.24. The molecule has 0 unspecified atom stereocenters. The highest BCUT2D eigenvalue weighted by atomic mass is 16.7. The first-order chi connectivity index (χ1) is 13.2. The van der Waals surface area contributed by atoms with E-state index in [0.29, 0.717) is 23.7 Å². The molecule has 0 spiro atoms. The van der Waals surface area contributed by atoms with Gasteiger partial charge in [-0.25, -0.2) is 4.98 Å². The molecule has 136 valence electrons. The molecule has 0 bridgehead atoms. The topological polar surface area (TPSA) is 72.5 Å². The lowest BCUT2D eigenvalue weighted by Crippen LogP contribution is -2.22. The third-order valence-electron chi connectivity index (χ3n) is 4.24. The van der Waals surface area contributed by atoms with Gasteiger partial charge in [0.15, 0.2) is 11.5 Å². The molecule has 0 saturated carbocycles. The maximum absolute atomic E-state index is 12.4. The number of rotatable bonds is 5. The molecule has 4 rings (SSSR count). The Morgan fingerprint density at radius 2 is 1.85 bits per heavy atom. The number of aromatic nitrogens is 1. The number of nitrogens with one attached hydrogen (secondary N) is 2. The van der Waals surface area contributed by atoms with Crippen LogP contribution in [0, 0.1) is 6.92 Å². The van der Waals surface area contributed by atoms with Gasteiger partial charge in [-0.2, -0.15) is 0 Å². The van der Waals surface area contributed by atoms with Gasteiger partial charge in [-0.05, 0) is 36.8 Å². The highest BCUT2D eigenvalue weighted by Crippen LogP contribution is 2.34. The number of carbonyl (C=O) groups is 1. The Labute approximate surface area is 157 Å². The third kappa shape index (κ3) is 4.00. The summed E-state index contributed by atoms with van der Waals surface area (Å²) in [6.07, 6.45) is 1.61. The number of anilines is 2. The van der Waals surface area contributed by atoms with Crippen molar-refractivity contribution >= 4 is 17.4 Å². The standard InChI is InChI=1S/C21H19N3O3/c1-14-2-4-15(5-3-14)12-23-21(25)16-8-9-22-20(10-16)24-17-6-7-18-19(11-17)27-13-26-18/h2-11H,12-13H2,1H3,(H,22,24)(H,23,25). The second-order valence-electron chi connectivity index (χ2n) is 6.29. The van der Waals surface area contributed by atoms with Gasteiger partial charge in [-0.15, -0.1) is 0 Å². The SMILES string of the molecule is Cc1ccc(CNC(=O)c2ccnc(Nc3ccc4c(c3)OCO4)c2)cc1. The molecule has 6 nitrogen and oxygen atoms in total. The van der Waals surface area contributed by atoms with Crippen molar-refractivity contribution < 1.29 is 14.3 Å². The molecule has 0 radical (unpaired) electrons. The summed E-state index contributed by atoms with van der Waals surface area (Å²) in [4.78, 5) is 16.7. The lowest BCUT2D eigenvalue weighted by atomic mass is 10.1. The summed E-state index contributed by atoms with van der Waals surface area (Å²) < 4.78 is 10.7. The van der Waals surface area contributed by atoms with Crippen LogP contribution in [0.2, 0.25) is 0 Å². The first-order valence-corrected chi connectivity index (χ1v) is 8.64. The number of ether oxygens (including phenoxy) is 2. The average Bonchev–Trinajstić information content (AvgIpc) is 3.15. The number of pyridine rings is 1. The van der Waals surface area contributed by atoms with Crippen LogP contribution in [0.1, 0.15) is 21.5 Å². The lowest BCUT2D eigenvalue weighted by molar-refractivity contribution is 0.0951. The molecule has 3 aromatic rings. The Morgan fingerprint density at radius 3 is 2.70 bits per heavy atom. The number of hydrogen-bond donors (Lipinski definition) is 2. The first kappa shape index (κ1) is 16.9. The molecule has 2 N–H and O–H groups in total. The summed E-state index contributed by atoms with van der Waals surface area (Å²) in [5.74, 6) is 1.84. The van der Waals surface area contributed by atoms with Gasteiger partial charge < -0.3 is 20.1 Å². The predicted octanol–water partition coefficient (Wildman–Crippen LogP) is 3.79. The minimum Gasteiger partial charge on any atom is -0.454 e. The zero-order chi connectivity index (χ0) is 18.6. The van der Waals surface area contributed by atoms with Crippen molar-refractivity contribution in [1.29, 1.82) is 0 Å². The summed E-state index contributed by atoms with van der Waals surface area (Å²) >= 11 is 0. The van der Waals surface area contributed by atoms with E-state index < -0.39 is 0 Å². The molecule has 27 heavy (non-hydrogen) atoms. The van der Waals surface area contributed by atoms with E-state index in [-0.39, 0.29) is 12.7 Å². The number of carbonyl (C=O) groups excluding carboxylic acids is 1. The number of amides is 1. The predicted molar refractivity (Wildman–Crippen MR) is 102 cm³/mol. The zero-order valence-electron chi connectivity index (χ0n) is 14.9. The molecule has 0 fully saturated rings. The summed E-state index contributed by atoms with van der Waals surface area (Å²) in [5, 5.41) is 6.11. The molecule has 2 heterocycles. The van der Waals surface area contributed by atoms with E-state index in [4.69, 9.17) is 9.47 Å². The average molecular weight is 361 g/mol. The second-order valence-corrected chi connectivity index (χ2v) is 6.29. The molecule has 1 aliphatic rings. The minimum atomic E-state index is -0.147. The van der Waals surface area contributed by atoms with E-state index in [1.165, 1.54) is 5.56 Å². The van der Waals surface area contributed by atoms with E-state index in [9.17, 15) is 4.79 Å². The summed E-state index contributed by atoms with van der Waals surface area (Å²) in [5.41, 5.74) is 3.60. The van der Waals surface area contributed by atoms with Crippen molar-refractivity contribution in [1.82, 2.24) is 10.3 Å². The maximum Gasteiger partial charge on any atom is 0.251 e. The van der Waals surface area contributed by atoms with Crippen molar-refractivity contribution in [2.75, 3.05) is 12.1 Å². The Hall–Kier alpha value is -3.54. The number of benzene rings is 2. The van der Waals surface area contributed by atoms with Crippen molar-refractivity contribution in [3.63, 3.8) is 0 Å². The van der Waals surface area contributed by atoms with Crippen LogP contribution in [0.5, 0.6) is 11.5 Å². The normalized spacial score (nSPS) is 11.9. The Balaban J connectivity index is 1.42. The van der Waals surface area contributed by atoms with E-state index >= 15 is 0 Å². The highest BCUT2D eigenvalue weighted by Gasteiger charge is 2.14. The summed E-state index contributed by atoms with van der Waals surface area (Å²) in [6.45, 7) is 2.74. The van der Waals surface area contributed by atoms with E-state index in [2.05, 4.69) is 15.6 Å². The van der Waals surface area contributed by atoms with Crippen LogP contribution < -0.4 is 20.1 Å². The highest BCUT2D eigenvalue weighted by molar-refractivity contribution is 5.94. The number of nitrogens with zero attached hydrogens (tertiary/aromatic N) is 1. The van der Waals surface area contributed by atoms with Crippen molar-refractivity contribution in [3.8, 4) is 11.5 Å². The van der Waals surface area contributed by atoms with Crippen LogP contribution in [0.25, 0.3) is 0 Å². The molecule has 0 saturated heterocycles. The van der Waals surface area contributed by atoms with Gasteiger partial charge in [0.2, 0.25) is 6.79 Å². The fourth-order valence-electron chi connectivity index (χ4n) is 2.75. The van der Waals surface area contributed by atoms with Gasteiger partial charge in [0, 0.05) is 30.1 Å². The quantitative estimate of drug-likeness (QED) is 0.723. The van der Waals surface area contributed by atoms with Crippen molar-refractivity contribution in [2.45, 2.75) is 13.5 Å². The monoisotopic (exact) mass is 361 g/mol. The number of hydrogen-bond acceptors (Lipinski definition) is 5. The Kier molecular flexibility index (Phi) is 4.61. The molecular weight excluding hydrogens is 342 g/mol. The van der Waals surface area contributed by atoms with Crippen molar-refractivity contribution in [3.05, 3.63) is 77.5 Å². The van der Waals surface area contributed by atoms with E-state index in [1.54, 1.807) is 18.3 Å². The van der Waals surface area contributed by atoms with Crippen molar-refractivity contribution in [2.24, 2.45) is 0 Å². The Morgan fingerprint density at radius 1 is 1.04 bits per heavy atom. The van der Waals surface area contributed by atoms with Gasteiger partial charge in [0.05, 0.1) is 0 Å². The molecule has 2 aromatic carbocycles. The van der Waals surface area contributed by atoms with Crippen LogP contribution in [0.15, 0.2) is 60.8 Å². The molecule has 1 aromatic heterocycles. The number of fused-ring (bicyclic) bond motifs is 1. The van der Waals surface area contributed by atoms with E-state index in [1.807, 2.05) is 49.4 Å². The number of aryl methyl sites for hydroxylation is 1. The summed E-state index contributed by atoms with van der Waals surface area (Å²) in [6, 6.07) is 17.0. The van der Waals surface area contributed by atoms with Gasteiger partial charge in [0.1, 0.15) is 5.82 Å². The van der Waals surface area contributed by atoms with Crippen LogP contribution in [0.4, 0.5) is 11.5 Å². The largest absolute Gasteiger partial charge is 0.454 e. The fourth-order valence-corrected chi connectivity index (χ4v) is 2.75. The van der Waals surface area contributed by atoms with Crippen LogP contribution in [0.3, 0.4) is 0 Å². The van der Waals surface area contributed by atoms with Crippen LogP contribution >= 0.6 is 0 Å². The van der Waals surface area contributed by atoms with Crippen LogP contribution in [-0.4, -0.2) is 17.7 Å². The molecule has 0 atom stereocenters. The van der Waals surface area contributed by atoms with Gasteiger partial charge in [-0.3, -0.25) is 4.79 Å². The van der Waals surface area contributed by atoms with Gasteiger partial charge in [-0.1, -0.05) is 29.8 Å². The molecule has 1 amide bonds. The smallest absolute Gasteiger partial charge is 0.251 e. The molecule has 0 aliphatic carbocycles. The lowest BCUT2D eigenvalue weighted by Gasteiger charge is -2.09. The Bertz CT molecular complexity index is 971. The first-order valence-electron chi connectivity index (χ1n) is 8.64. The summed E-state index contributed by atoms with van der Waals surface area (Å²) in [7, 11) is 0. The molecular formula is C21H19N3O3. The van der Waals surface area contributed by atoms with E-state index in [0.717, 1.165) is 17.0 Å². The van der Waals surface area contributed by atoms with Crippen LogP contribution in [-0.2, 0) is 6.54 Å². The van der Waals surface area contributed by atoms with Gasteiger partial charge in [0.25, 0.3) is 5.91 Å². The molecule has 6 heteroatoms.